The third-order valence-electron chi connectivity index (χ3n) is 4.04. The van der Waals surface area contributed by atoms with Crippen molar-refractivity contribution in [1.29, 1.82) is 0 Å². The summed E-state index contributed by atoms with van der Waals surface area (Å²) in [6.45, 7) is 0.285. The number of rotatable bonds is 4. The Balaban J connectivity index is 0.00000176. The number of aromatic nitrogens is 1. The van der Waals surface area contributed by atoms with Crippen molar-refractivity contribution in [3.63, 3.8) is 0 Å². The SMILES string of the molecule is O=C([O-])C1CCC(C(=O)NCc2noc3c2CCCC3)O1.[Na+]. The summed E-state index contributed by atoms with van der Waals surface area (Å²) in [7, 11) is 0. The molecule has 2 aliphatic rings. The molecule has 2 atom stereocenters. The van der Waals surface area contributed by atoms with Crippen LogP contribution in [0.4, 0.5) is 0 Å². The summed E-state index contributed by atoms with van der Waals surface area (Å²) in [5.41, 5.74) is 1.86. The zero-order valence-corrected chi connectivity index (χ0v) is 14.6. The van der Waals surface area contributed by atoms with Gasteiger partial charge >= 0.3 is 29.6 Å². The van der Waals surface area contributed by atoms with Gasteiger partial charge in [0, 0.05) is 12.0 Å². The quantitative estimate of drug-likeness (QED) is 0.577. The zero-order chi connectivity index (χ0) is 14.8. The molecule has 7 nitrogen and oxygen atoms in total. The molecule has 1 aliphatic heterocycles. The molecule has 1 saturated heterocycles. The molecule has 2 heterocycles. The summed E-state index contributed by atoms with van der Waals surface area (Å²) in [6, 6.07) is 0. The fourth-order valence-electron chi connectivity index (χ4n) is 2.88. The van der Waals surface area contributed by atoms with Crippen LogP contribution in [-0.4, -0.2) is 29.2 Å². The van der Waals surface area contributed by atoms with Crippen LogP contribution in [0.3, 0.4) is 0 Å². The van der Waals surface area contributed by atoms with E-state index in [0.717, 1.165) is 42.7 Å². The Hall–Kier alpha value is -0.890. The molecule has 2 unspecified atom stereocenters. The number of hydrogen-bond acceptors (Lipinski definition) is 6. The van der Waals surface area contributed by atoms with Crippen LogP contribution in [-0.2, 0) is 33.7 Å². The second-order valence-electron chi connectivity index (χ2n) is 5.47. The second-order valence-corrected chi connectivity index (χ2v) is 5.47. The maximum Gasteiger partial charge on any atom is 1.00 e. The van der Waals surface area contributed by atoms with E-state index < -0.39 is 18.2 Å². The summed E-state index contributed by atoms with van der Waals surface area (Å²) < 4.78 is 10.4. The Labute approximate surface area is 150 Å². The van der Waals surface area contributed by atoms with E-state index in [4.69, 9.17) is 9.26 Å². The monoisotopic (exact) mass is 316 g/mol. The van der Waals surface area contributed by atoms with E-state index in [1.807, 2.05) is 0 Å². The molecular weight excluding hydrogens is 299 g/mol. The van der Waals surface area contributed by atoms with Crippen LogP contribution in [0.1, 0.15) is 42.7 Å². The predicted octanol–water partition coefficient (Wildman–Crippen LogP) is -3.53. The van der Waals surface area contributed by atoms with Crippen molar-refractivity contribution in [1.82, 2.24) is 10.5 Å². The average Bonchev–Trinajstić information content (AvgIpc) is 3.12. The fraction of sp³-hybridized carbons (Fsp3) is 0.643. The maximum absolute atomic E-state index is 12.0. The molecule has 0 radical (unpaired) electrons. The van der Waals surface area contributed by atoms with E-state index in [1.165, 1.54) is 0 Å². The Bertz CT molecular complexity index is 559. The zero-order valence-electron chi connectivity index (χ0n) is 12.6. The summed E-state index contributed by atoms with van der Waals surface area (Å²) >= 11 is 0. The molecule has 1 aliphatic carbocycles. The van der Waals surface area contributed by atoms with Crippen molar-refractivity contribution in [2.75, 3.05) is 0 Å². The number of carbonyl (C=O) groups is 2. The van der Waals surface area contributed by atoms with Crippen molar-refractivity contribution in [3.8, 4) is 0 Å². The van der Waals surface area contributed by atoms with Gasteiger partial charge < -0.3 is 24.5 Å². The molecule has 114 valence electrons. The number of nitrogens with one attached hydrogen (secondary N) is 1. The molecular formula is C14H17N2NaO5. The van der Waals surface area contributed by atoms with Crippen molar-refractivity contribution in [2.24, 2.45) is 0 Å². The molecule has 8 heteroatoms. The van der Waals surface area contributed by atoms with Gasteiger partial charge in [-0.15, -0.1) is 0 Å². The standard InChI is InChI=1S/C14H18N2O5.Na/c17-13(11-5-6-12(20-11)14(18)19)15-7-9-8-3-1-2-4-10(8)21-16-9;/h11-12H,1-7H2,(H,15,17)(H,18,19);/q;+1/p-1. The van der Waals surface area contributed by atoms with Gasteiger partial charge in [0.1, 0.15) is 17.6 Å². The summed E-state index contributed by atoms with van der Waals surface area (Å²) in [6.07, 6.45) is 3.02. The second kappa shape index (κ2) is 7.59. The van der Waals surface area contributed by atoms with Crippen LogP contribution in [0.25, 0.3) is 0 Å². The number of aryl methyl sites for hydroxylation is 1. The molecule has 0 spiro atoms. The molecule has 1 aromatic rings. The number of fused-ring (bicyclic) bond motifs is 1. The summed E-state index contributed by atoms with van der Waals surface area (Å²) in [5.74, 6) is -0.665. The van der Waals surface area contributed by atoms with E-state index in [0.29, 0.717) is 12.8 Å². The number of hydrogen-bond donors (Lipinski definition) is 1. The van der Waals surface area contributed by atoms with Gasteiger partial charge in [0.2, 0.25) is 5.91 Å². The molecule has 0 saturated carbocycles. The van der Waals surface area contributed by atoms with Crippen molar-refractivity contribution < 1.29 is 53.5 Å². The summed E-state index contributed by atoms with van der Waals surface area (Å²) in [5, 5.41) is 17.4. The fourth-order valence-corrected chi connectivity index (χ4v) is 2.88. The van der Waals surface area contributed by atoms with Crippen molar-refractivity contribution in [2.45, 2.75) is 57.3 Å². The Morgan fingerprint density at radius 2 is 1.95 bits per heavy atom. The number of amides is 1. The topological polar surface area (TPSA) is 104 Å². The maximum atomic E-state index is 12.0. The van der Waals surface area contributed by atoms with Crippen LogP contribution in [0, 0.1) is 0 Å². The molecule has 1 amide bonds. The Morgan fingerprint density at radius 1 is 1.23 bits per heavy atom. The molecule has 3 rings (SSSR count). The first-order chi connectivity index (χ1) is 10.1. The normalized spacial score (nSPS) is 23.5. The van der Waals surface area contributed by atoms with Crippen molar-refractivity contribution >= 4 is 11.9 Å². The van der Waals surface area contributed by atoms with E-state index in [1.54, 1.807) is 0 Å². The molecule has 1 fully saturated rings. The average molecular weight is 316 g/mol. The van der Waals surface area contributed by atoms with Crippen molar-refractivity contribution in [3.05, 3.63) is 17.0 Å². The van der Waals surface area contributed by atoms with Gasteiger partial charge in [-0.25, -0.2) is 0 Å². The first kappa shape index (κ1) is 17.5. The number of carbonyl (C=O) groups excluding carboxylic acids is 2. The van der Waals surface area contributed by atoms with E-state index in [9.17, 15) is 14.7 Å². The van der Waals surface area contributed by atoms with E-state index >= 15 is 0 Å². The summed E-state index contributed by atoms with van der Waals surface area (Å²) in [4.78, 5) is 22.7. The van der Waals surface area contributed by atoms with Gasteiger partial charge in [-0.2, -0.15) is 0 Å². The van der Waals surface area contributed by atoms with Crippen LogP contribution in [0.15, 0.2) is 4.52 Å². The molecule has 22 heavy (non-hydrogen) atoms. The number of nitrogens with zero attached hydrogens (tertiary/aromatic N) is 1. The van der Waals surface area contributed by atoms with Gasteiger partial charge in [0.05, 0.1) is 18.6 Å². The van der Waals surface area contributed by atoms with Gasteiger partial charge in [-0.3, -0.25) is 4.79 Å². The largest absolute Gasteiger partial charge is 1.00 e. The van der Waals surface area contributed by atoms with Gasteiger partial charge in [-0.05, 0) is 32.1 Å². The first-order valence-corrected chi connectivity index (χ1v) is 7.25. The van der Waals surface area contributed by atoms with Gasteiger partial charge in [-0.1, -0.05) is 5.16 Å². The third-order valence-corrected chi connectivity index (χ3v) is 4.04. The van der Waals surface area contributed by atoms with Gasteiger partial charge in [0.15, 0.2) is 0 Å². The minimum absolute atomic E-state index is 0. The first-order valence-electron chi connectivity index (χ1n) is 7.25. The predicted molar refractivity (Wildman–Crippen MR) is 67.9 cm³/mol. The van der Waals surface area contributed by atoms with E-state index in [2.05, 4.69) is 10.5 Å². The number of carboxylic acids is 1. The van der Waals surface area contributed by atoms with Crippen LogP contribution in [0.2, 0.25) is 0 Å². The minimum atomic E-state index is -1.27. The number of carboxylic acid groups (broad SMARTS) is 1. The molecule has 1 N–H and O–H groups in total. The Morgan fingerprint density at radius 3 is 2.68 bits per heavy atom. The minimum Gasteiger partial charge on any atom is -0.547 e. The molecule has 0 aromatic carbocycles. The van der Waals surface area contributed by atoms with Gasteiger partial charge in [0.25, 0.3) is 0 Å². The van der Waals surface area contributed by atoms with Crippen LogP contribution >= 0.6 is 0 Å². The smallest absolute Gasteiger partial charge is 0.547 e. The number of aliphatic carboxylic acids is 1. The van der Waals surface area contributed by atoms with Crippen LogP contribution < -0.4 is 40.0 Å². The Kier molecular flexibility index (Phi) is 6.02. The van der Waals surface area contributed by atoms with E-state index in [-0.39, 0.29) is 42.0 Å². The molecule has 1 aromatic heterocycles. The number of ether oxygens (including phenoxy) is 1. The van der Waals surface area contributed by atoms with Crippen LogP contribution in [0.5, 0.6) is 0 Å². The third kappa shape index (κ3) is 3.71. The molecule has 0 bridgehead atoms.